The summed E-state index contributed by atoms with van der Waals surface area (Å²) in [6.45, 7) is 4.12. The lowest BCUT2D eigenvalue weighted by atomic mass is 10.0. The van der Waals surface area contributed by atoms with Crippen molar-refractivity contribution in [3.8, 4) is 0 Å². The molecule has 0 aromatic carbocycles. The second-order valence-corrected chi connectivity index (χ2v) is 13.9. The molecule has 0 radical (unpaired) electrons. The lowest BCUT2D eigenvalue weighted by Gasteiger charge is -2.08. The van der Waals surface area contributed by atoms with E-state index in [4.69, 9.17) is 24.8 Å². The van der Waals surface area contributed by atoms with E-state index in [1.807, 2.05) is 0 Å². The van der Waals surface area contributed by atoms with Gasteiger partial charge in [-0.25, -0.2) is 0 Å². The molecule has 3 N–H and O–H groups in total. The van der Waals surface area contributed by atoms with Gasteiger partial charge in [0, 0.05) is 12.8 Å². The summed E-state index contributed by atoms with van der Waals surface area (Å²) in [6.07, 6.45) is 39.5. The molecule has 0 saturated heterocycles. The van der Waals surface area contributed by atoms with Gasteiger partial charge in [0.1, 0.15) is 19.3 Å². The van der Waals surface area contributed by atoms with Crippen LogP contribution < -0.4 is 0 Å². The van der Waals surface area contributed by atoms with Crippen LogP contribution in [0.4, 0.5) is 0 Å². The van der Waals surface area contributed by atoms with Gasteiger partial charge in [-0.05, 0) is 12.8 Å². The molecule has 0 aliphatic carbocycles. The van der Waals surface area contributed by atoms with Crippen molar-refractivity contribution in [2.75, 3.05) is 26.4 Å². The number of carbonyl (C=O) groups excluding carboxylic acids is 2. The third-order valence-corrected chi connectivity index (χ3v) is 8.97. The van der Waals surface area contributed by atoms with E-state index in [1.165, 1.54) is 167 Å². The Morgan fingerprint density at radius 1 is 0.438 bits per heavy atom. The molecular weight excluding hydrogens is 604 g/mol. The first kappa shape index (κ1) is 48.9. The largest absolute Gasteiger partial charge is 0.463 e. The van der Waals surface area contributed by atoms with Gasteiger partial charge in [-0.2, -0.15) is 0 Å². The van der Waals surface area contributed by atoms with Gasteiger partial charge in [0.25, 0.3) is 0 Å². The fourth-order valence-corrected chi connectivity index (χ4v) is 5.83. The summed E-state index contributed by atoms with van der Waals surface area (Å²) in [6, 6.07) is 0. The van der Waals surface area contributed by atoms with Gasteiger partial charge in [-0.3, -0.25) is 9.59 Å². The quantitative estimate of drug-likeness (QED) is 0.0440. The Kier molecular flexibility index (Phi) is 44.7. The fraction of sp³-hybridized carbons (Fsp3) is 0.951. The van der Waals surface area contributed by atoms with Crippen molar-refractivity contribution in [2.45, 2.75) is 225 Å². The van der Waals surface area contributed by atoms with Crippen LogP contribution in [0, 0.1) is 0 Å². The van der Waals surface area contributed by atoms with Crippen molar-refractivity contribution >= 4 is 11.9 Å². The van der Waals surface area contributed by atoms with Gasteiger partial charge in [-0.15, -0.1) is 0 Å². The van der Waals surface area contributed by atoms with Crippen molar-refractivity contribution < 1.29 is 34.4 Å². The maximum Gasteiger partial charge on any atom is 0.305 e. The average Bonchev–Trinajstić information content (AvgIpc) is 3.09. The zero-order valence-corrected chi connectivity index (χ0v) is 32.0. The summed E-state index contributed by atoms with van der Waals surface area (Å²) >= 11 is 0. The highest BCUT2D eigenvalue weighted by Crippen LogP contribution is 2.15. The molecular formula is C41H82O7. The Hall–Kier alpha value is -1.18. The molecule has 288 valence electrons. The van der Waals surface area contributed by atoms with E-state index >= 15 is 0 Å². The number of hydrogen-bond donors (Lipinski definition) is 3. The topological polar surface area (TPSA) is 113 Å². The van der Waals surface area contributed by atoms with Crippen LogP contribution in [0.25, 0.3) is 0 Å². The Morgan fingerprint density at radius 3 is 0.979 bits per heavy atom. The summed E-state index contributed by atoms with van der Waals surface area (Å²) < 4.78 is 9.69. The highest BCUT2D eigenvalue weighted by Gasteiger charge is 2.07. The van der Waals surface area contributed by atoms with Crippen molar-refractivity contribution in [3.05, 3.63) is 0 Å². The fourth-order valence-electron chi connectivity index (χ4n) is 5.83. The molecule has 1 unspecified atom stereocenters. The van der Waals surface area contributed by atoms with Crippen LogP contribution in [0.1, 0.15) is 219 Å². The molecule has 0 aliphatic rings. The number of rotatable bonds is 37. The standard InChI is InChI=1S/C21H42O4.C20H40O3/c1-2-3-4-5-6-7-8-9-10-11-12-13-14-15-16-17-21(24)25-19-20(23)18-22;1-2-3-4-5-6-7-8-9-10-11-12-13-14-15-16-17-20(22)23-19-18-21/h20,22-23H,2-19H2,1H3;21H,2-19H2,1H3. The minimum absolute atomic E-state index is 0.0788. The molecule has 0 aromatic heterocycles. The predicted molar refractivity (Wildman–Crippen MR) is 201 cm³/mol. The van der Waals surface area contributed by atoms with Crippen LogP contribution in [0.3, 0.4) is 0 Å². The number of unbranched alkanes of at least 4 members (excludes halogenated alkanes) is 28. The van der Waals surface area contributed by atoms with Gasteiger partial charge in [-0.1, -0.05) is 194 Å². The summed E-state index contributed by atoms with van der Waals surface area (Å²) in [4.78, 5) is 22.6. The molecule has 0 amide bonds. The van der Waals surface area contributed by atoms with Gasteiger partial charge in [0.2, 0.25) is 0 Å². The SMILES string of the molecule is CCCCCCCCCCCCCCCCCC(=O)OCC(O)CO.CCCCCCCCCCCCCCCCCC(=O)OCCO. The molecule has 0 saturated carbocycles. The van der Waals surface area contributed by atoms with Crippen LogP contribution in [0.5, 0.6) is 0 Å². The van der Waals surface area contributed by atoms with Crippen LogP contribution in [0.2, 0.25) is 0 Å². The molecule has 0 bridgehead atoms. The smallest absolute Gasteiger partial charge is 0.305 e. The minimum Gasteiger partial charge on any atom is -0.463 e. The van der Waals surface area contributed by atoms with Crippen molar-refractivity contribution in [1.29, 1.82) is 0 Å². The highest BCUT2D eigenvalue weighted by molar-refractivity contribution is 5.69. The summed E-state index contributed by atoms with van der Waals surface area (Å²) in [5.41, 5.74) is 0. The number of aliphatic hydroxyl groups is 3. The Balaban J connectivity index is 0. The predicted octanol–water partition coefficient (Wildman–Crippen LogP) is 10.9. The molecule has 7 heteroatoms. The normalized spacial score (nSPS) is 11.6. The van der Waals surface area contributed by atoms with Gasteiger partial charge in [0.05, 0.1) is 13.2 Å². The monoisotopic (exact) mass is 687 g/mol. The highest BCUT2D eigenvalue weighted by atomic mass is 16.5. The van der Waals surface area contributed by atoms with E-state index in [9.17, 15) is 9.59 Å². The molecule has 0 rings (SSSR count). The van der Waals surface area contributed by atoms with Crippen LogP contribution in [0.15, 0.2) is 0 Å². The molecule has 0 fully saturated rings. The summed E-state index contributed by atoms with van der Waals surface area (Å²) in [5.74, 6) is -0.448. The lowest BCUT2D eigenvalue weighted by molar-refractivity contribution is -0.147. The van der Waals surface area contributed by atoms with Crippen LogP contribution in [-0.2, 0) is 19.1 Å². The first-order valence-corrected chi connectivity index (χ1v) is 20.7. The molecule has 0 heterocycles. The summed E-state index contributed by atoms with van der Waals surface area (Å²) in [7, 11) is 0. The van der Waals surface area contributed by atoms with Crippen LogP contribution >= 0.6 is 0 Å². The maximum atomic E-state index is 11.4. The van der Waals surface area contributed by atoms with Crippen molar-refractivity contribution in [1.82, 2.24) is 0 Å². The first-order valence-electron chi connectivity index (χ1n) is 20.7. The molecule has 1 atom stereocenters. The number of hydrogen-bond acceptors (Lipinski definition) is 7. The first-order chi connectivity index (χ1) is 23.5. The van der Waals surface area contributed by atoms with E-state index in [-0.39, 0.29) is 38.4 Å². The van der Waals surface area contributed by atoms with Crippen molar-refractivity contribution in [3.63, 3.8) is 0 Å². The molecule has 0 spiro atoms. The van der Waals surface area contributed by atoms with E-state index < -0.39 is 6.10 Å². The van der Waals surface area contributed by atoms with E-state index in [2.05, 4.69) is 13.8 Å². The summed E-state index contributed by atoms with van der Waals surface area (Å²) in [5, 5.41) is 26.2. The van der Waals surface area contributed by atoms with Gasteiger partial charge in [0.15, 0.2) is 0 Å². The maximum absolute atomic E-state index is 11.4. The van der Waals surface area contributed by atoms with E-state index in [0.717, 1.165) is 25.7 Å². The van der Waals surface area contributed by atoms with Crippen LogP contribution in [-0.4, -0.2) is 59.8 Å². The Morgan fingerprint density at radius 2 is 0.708 bits per heavy atom. The number of esters is 2. The zero-order chi connectivity index (χ0) is 35.6. The molecule has 48 heavy (non-hydrogen) atoms. The second kappa shape index (κ2) is 43.8. The number of aliphatic hydroxyl groups excluding tert-OH is 3. The minimum atomic E-state index is -0.954. The lowest BCUT2D eigenvalue weighted by Crippen LogP contribution is -2.21. The van der Waals surface area contributed by atoms with Crippen molar-refractivity contribution in [2.24, 2.45) is 0 Å². The van der Waals surface area contributed by atoms with E-state index in [0.29, 0.717) is 12.8 Å². The third-order valence-electron chi connectivity index (χ3n) is 8.97. The number of carbonyl (C=O) groups is 2. The molecule has 0 aliphatic heterocycles. The zero-order valence-electron chi connectivity index (χ0n) is 32.0. The number of ether oxygens (including phenoxy) is 2. The van der Waals surface area contributed by atoms with Gasteiger partial charge >= 0.3 is 11.9 Å². The Labute approximate surface area is 297 Å². The molecule has 0 aromatic rings. The Bertz CT molecular complexity index is 628. The second-order valence-electron chi connectivity index (χ2n) is 13.9. The molecule has 7 nitrogen and oxygen atoms in total. The average molecular weight is 687 g/mol. The third kappa shape index (κ3) is 44.8. The van der Waals surface area contributed by atoms with Gasteiger partial charge < -0.3 is 24.8 Å². The van der Waals surface area contributed by atoms with E-state index in [1.54, 1.807) is 0 Å².